The molecule has 0 unspecified atom stereocenters. The van der Waals surface area contributed by atoms with Crippen molar-refractivity contribution in [2.24, 2.45) is 0 Å². The number of nitrogens with zero attached hydrogens (tertiary/aromatic N) is 2. The van der Waals surface area contributed by atoms with Gasteiger partial charge in [0, 0.05) is 30.0 Å². The molecular weight excluding hydrogens is 483 g/mol. The van der Waals surface area contributed by atoms with E-state index in [9.17, 15) is 18.8 Å². The first-order valence-corrected chi connectivity index (χ1v) is 12.6. The highest BCUT2D eigenvalue weighted by Crippen LogP contribution is 2.30. The molecule has 1 saturated heterocycles. The normalized spacial score (nSPS) is 13.8. The summed E-state index contributed by atoms with van der Waals surface area (Å²) in [5.74, 6) is -0.539. The number of ether oxygens (including phenoxy) is 1. The number of aromatic nitrogens is 1. The molecule has 10 heteroatoms. The second-order valence-electron chi connectivity index (χ2n) is 8.40. The molecule has 0 bridgehead atoms. The van der Waals surface area contributed by atoms with Crippen molar-refractivity contribution in [2.75, 3.05) is 19.7 Å². The zero-order valence-electron chi connectivity index (χ0n) is 19.8. The molecule has 4 rings (SSSR count). The third-order valence-electron chi connectivity index (χ3n) is 5.92. The van der Waals surface area contributed by atoms with Gasteiger partial charge >= 0.3 is 0 Å². The van der Waals surface area contributed by atoms with Crippen molar-refractivity contribution in [1.29, 1.82) is 0 Å². The number of hydrazine groups is 1. The number of nitrogens with one attached hydrogen (secondary N) is 2. The van der Waals surface area contributed by atoms with Crippen LogP contribution in [0.1, 0.15) is 57.1 Å². The first-order valence-electron chi connectivity index (χ1n) is 11.7. The molecule has 3 aromatic rings. The van der Waals surface area contributed by atoms with Gasteiger partial charge in [-0.05, 0) is 55.7 Å². The summed E-state index contributed by atoms with van der Waals surface area (Å²) in [6, 6.07) is 12.7. The quantitative estimate of drug-likeness (QED) is 0.472. The van der Waals surface area contributed by atoms with Crippen LogP contribution in [-0.2, 0) is 11.2 Å². The maximum Gasteiger partial charge on any atom is 0.289 e. The van der Waals surface area contributed by atoms with Crippen LogP contribution in [0.5, 0.6) is 5.75 Å². The van der Waals surface area contributed by atoms with Gasteiger partial charge in [-0.3, -0.25) is 25.2 Å². The van der Waals surface area contributed by atoms with Crippen molar-refractivity contribution in [3.05, 3.63) is 81.6 Å². The van der Waals surface area contributed by atoms with Gasteiger partial charge in [0.2, 0.25) is 5.91 Å². The molecule has 2 N–H and O–H groups in total. The predicted octanol–water partition coefficient (Wildman–Crippen LogP) is 3.70. The fourth-order valence-electron chi connectivity index (χ4n) is 3.99. The molecule has 1 aliphatic heterocycles. The summed E-state index contributed by atoms with van der Waals surface area (Å²) in [6.45, 7) is 3.54. The fraction of sp³-hybridized carbons (Fsp3) is 0.308. The van der Waals surface area contributed by atoms with Crippen LogP contribution in [0.25, 0.3) is 0 Å². The van der Waals surface area contributed by atoms with Crippen molar-refractivity contribution in [3.63, 3.8) is 0 Å². The number of piperidine rings is 1. The van der Waals surface area contributed by atoms with Crippen molar-refractivity contribution in [2.45, 2.75) is 32.1 Å². The van der Waals surface area contributed by atoms with Crippen LogP contribution in [-0.4, -0.2) is 47.3 Å². The Kier molecular flexibility index (Phi) is 8.27. The molecule has 0 aliphatic carbocycles. The highest BCUT2D eigenvalue weighted by atomic mass is 32.1. The highest BCUT2D eigenvalue weighted by Gasteiger charge is 2.26. The zero-order valence-corrected chi connectivity index (χ0v) is 20.6. The molecule has 0 atom stereocenters. The van der Waals surface area contributed by atoms with E-state index >= 15 is 0 Å². The molecular formula is C26H27FN4O4S. The van der Waals surface area contributed by atoms with E-state index in [1.54, 1.807) is 41.8 Å². The largest absolute Gasteiger partial charge is 0.494 e. The van der Waals surface area contributed by atoms with Gasteiger partial charge in [0.1, 0.15) is 17.3 Å². The van der Waals surface area contributed by atoms with E-state index in [0.717, 1.165) is 23.4 Å². The van der Waals surface area contributed by atoms with Crippen LogP contribution in [0.15, 0.2) is 53.9 Å². The van der Waals surface area contributed by atoms with Crippen LogP contribution < -0.4 is 15.6 Å². The minimum atomic E-state index is -0.501. The summed E-state index contributed by atoms with van der Waals surface area (Å²) in [5.41, 5.74) is 6.18. The Balaban J connectivity index is 1.25. The Morgan fingerprint density at radius 2 is 1.81 bits per heavy atom. The SMILES string of the molecule is CCOc1cccc(C(=O)NNC(=O)c2csc(C3CCN(C(=O)Cc4ccc(F)cc4)CC3)n2)c1. The lowest BCUT2D eigenvalue weighted by Gasteiger charge is -2.31. The summed E-state index contributed by atoms with van der Waals surface area (Å²) >= 11 is 1.40. The molecule has 36 heavy (non-hydrogen) atoms. The summed E-state index contributed by atoms with van der Waals surface area (Å²) in [5, 5.41) is 2.50. The van der Waals surface area contributed by atoms with Crippen LogP contribution in [0.3, 0.4) is 0 Å². The number of hydrogen-bond acceptors (Lipinski definition) is 6. The molecule has 1 fully saturated rings. The number of thiazole rings is 1. The monoisotopic (exact) mass is 510 g/mol. The number of benzene rings is 2. The molecule has 2 heterocycles. The summed E-state index contributed by atoms with van der Waals surface area (Å²) in [7, 11) is 0. The maximum atomic E-state index is 13.1. The first kappa shape index (κ1) is 25.3. The Morgan fingerprint density at radius 3 is 2.53 bits per heavy atom. The Bertz CT molecular complexity index is 1220. The van der Waals surface area contributed by atoms with Gasteiger partial charge < -0.3 is 9.64 Å². The lowest BCUT2D eigenvalue weighted by molar-refractivity contribution is -0.131. The molecule has 0 radical (unpaired) electrons. The smallest absolute Gasteiger partial charge is 0.289 e. The molecule has 2 aromatic carbocycles. The van der Waals surface area contributed by atoms with Crippen LogP contribution in [0, 0.1) is 5.82 Å². The number of amides is 3. The standard InChI is InChI=1S/C26H27FN4O4S/c1-2-35-21-5-3-4-19(15-21)24(33)29-30-25(34)22-16-36-26(28-22)18-10-12-31(13-11-18)23(32)14-17-6-8-20(27)9-7-17/h3-9,15-16,18H,2,10-14H2,1H3,(H,29,33)(H,30,34). The van der Waals surface area contributed by atoms with Gasteiger partial charge in [0.25, 0.3) is 11.8 Å². The van der Waals surface area contributed by atoms with Crippen molar-refractivity contribution >= 4 is 29.1 Å². The van der Waals surface area contributed by atoms with Crippen molar-refractivity contribution in [3.8, 4) is 5.75 Å². The Morgan fingerprint density at radius 1 is 1.08 bits per heavy atom. The average Bonchev–Trinajstić information content (AvgIpc) is 3.39. The van der Waals surface area contributed by atoms with Crippen LogP contribution >= 0.6 is 11.3 Å². The minimum Gasteiger partial charge on any atom is -0.494 e. The second kappa shape index (κ2) is 11.8. The van der Waals surface area contributed by atoms with E-state index in [4.69, 9.17) is 4.74 Å². The van der Waals surface area contributed by atoms with E-state index in [-0.39, 0.29) is 29.8 Å². The Labute approximate surface area is 212 Å². The lowest BCUT2D eigenvalue weighted by atomic mass is 9.97. The lowest BCUT2D eigenvalue weighted by Crippen LogP contribution is -2.41. The van der Waals surface area contributed by atoms with Gasteiger partial charge in [-0.1, -0.05) is 18.2 Å². The van der Waals surface area contributed by atoms with Crippen LogP contribution in [0.2, 0.25) is 0 Å². The van der Waals surface area contributed by atoms with E-state index in [1.165, 1.54) is 23.5 Å². The molecule has 1 aliphatic rings. The molecule has 0 saturated carbocycles. The third-order valence-corrected chi connectivity index (χ3v) is 6.92. The molecule has 3 amide bonds. The van der Waals surface area contributed by atoms with Gasteiger partial charge in [0.15, 0.2) is 0 Å². The topological polar surface area (TPSA) is 101 Å². The van der Waals surface area contributed by atoms with E-state index in [1.807, 2.05) is 11.8 Å². The van der Waals surface area contributed by atoms with E-state index in [0.29, 0.717) is 31.0 Å². The van der Waals surface area contributed by atoms with E-state index in [2.05, 4.69) is 15.8 Å². The second-order valence-corrected chi connectivity index (χ2v) is 9.29. The number of carbonyl (C=O) groups is 3. The molecule has 0 spiro atoms. The van der Waals surface area contributed by atoms with Crippen molar-refractivity contribution in [1.82, 2.24) is 20.7 Å². The minimum absolute atomic E-state index is 0.0156. The molecule has 188 valence electrons. The van der Waals surface area contributed by atoms with Crippen molar-refractivity contribution < 1.29 is 23.5 Å². The predicted molar refractivity (Wildman–Crippen MR) is 133 cm³/mol. The van der Waals surface area contributed by atoms with Gasteiger partial charge in [-0.25, -0.2) is 9.37 Å². The number of hydrogen-bond donors (Lipinski definition) is 2. The van der Waals surface area contributed by atoms with Gasteiger partial charge in [-0.2, -0.15) is 0 Å². The molecule has 8 nitrogen and oxygen atoms in total. The summed E-state index contributed by atoms with van der Waals surface area (Å²) in [6.07, 6.45) is 1.74. The summed E-state index contributed by atoms with van der Waals surface area (Å²) < 4.78 is 18.5. The van der Waals surface area contributed by atoms with Gasteiger partial charge in [0.05, 0.1) is 18.0 Å². The number of carbonyl (C=O) groups excluding carboxylic acids is 3. The van der Waals surface area contributed by atoms with Crippen LogP contribution in [0.4, 0.5) is 4.39 Å². The first-order chi connectivity index (χ1) is 17.4. The average molecular weight is 511 g/mol. The number of halogens is 1. The Hall–Kier alpha value is -3.79. The zero-order chi connectivity index (χ0) is 25.5. The molecule has 1 aromatic heterocycles. The maximum absolute atomic E-state index is 13.1. The van der Waals surface area contributed by atoms with Gasteiger partial charge in [-0.15, -0.1) is 11.3 Å². The van der Waals surface area contributed by atoms with E-state index < -0.39 is 11.8 Å². The highest BCUT2D eigenvalue weighted by molar-refractivity contribution is 7.09. The number of rotatable bonds is 7. The number of likely N-dealkylation sites (tertiary alicyclic amines) is 1. The summed E-state index contributed by atoms with van der Waals surface area (Å²) in [4.78, 5) is 43.7. The third kappa shape index (κ3) is 6.45. The fourth-order valence-corrected chi connectivity index (χ4v) is 4.96.